The van der Waals surface area contributed by atoms with Crippen molar-refractivity contribution in [2.24, 2.45) is 5.10 Å². The molecule has 6 nitrogen and oxygen atoms in total. The maximum Gasteiger partial charge on any atom is 0.246 e. The van der Waals surface area contributed by atoms with E-state index in [0.29, 0.717) is 0 Å². The van der Waals surface area contributed by atoms with Gasteiger partial charge in [-0.15, -0.1) is 22.7 Å². The van der Waals surface area contributed by atoms with Crippen LogP contribution in [0.15, 0.2) is 28.0 Å². The van der Waals surface area contributed by atoms with Crippen LogP contribution >= 0.6 is 22.7 Å². The first-order chi connectivity index (χ1) is 10.8. The first kappa shape index (κ1) is 15.1. The van der Waals surface area contributed by atoms with Crippen molar-refractivity contribution in [1.29, 1.82) is 0 Å². The molecule has 0 saturated carbocycles. The number of nitrogens with zero attached hydrogens (tertiary/aromatic N) is 3. The normalized spacial score (nSPS) is 15.4. The molecule has 1 amide bonds. The van der Waals surface area contributed by atoms with Gasteiger partial charge in [0.1, 0.15) is 0 Å². The minimum Gasteiger partial charge on any atom is -0.378 e. The van der Waals surface area contributed by atoms with Crippen LogP contribution in [0.1, 0.15) is 10.6 Å². The smallest absolute Gasteiger partial charge is 0.246 e. The van der Waals surface area contributed by atoms with Crippen LogP contribution in [0.4, 0.5) is 5.13 Å². The van der Waals surface area contributed by atoms with Crippen LogP contribution in [-0.2, 0) is 16.0 Å². The molecule has 8 heteroatoms. The summed E-state index contributed by atoms with van der Waals surface area (Å²) < 4.78 is 5.32. The Hall–Kier alpha value is -1.77. The number of thiazole rings is 1. The second-order valence-corrected chi connectivity index (χ2v) is 6.52. The van der Waals surface area contributed by atoms with Gasteiger partial charge in [-0.3, -0.25) is 4.79 Å². The van der Waals surface area contributed by atoms with E-state index < -0.39 is 0 Å². The number of nitrogens with one attached hydrogen (secondary N) is 1. The van der Waals surface area contributed by atoms with Crippen molar-refractivity contribution in [3.05, 3.63) is 33.5 Å². The summed E-state index contributed by atoms with van der Waals surface area (Å²) in [6.07, 6.45) is 1.88. The summed E-state index contributed by atoms with van der Waals surface area (Å²) >= 11 is 3.13. The highest BCUT2D eigenvalue weighted by Gasteiger charge is 2.15. The number of ether oxygens (including phenoxy) is 1. The lowest BCUT2D eigenvalue weighted by molar-refractivity contribution is -0.120. The SMILES string of the molecule is O=C(Cc1csc(N2CCOCC2)n1)N/N=C\c1cccs1. The topological polar surface area (TPSA) is 66.8 Å². The van der Waals surface area contributed by atoms with Gasteiger partial charge in [0.25, 0.3) is 0 Å². The molecule has 0 spiro atoms. The highest BCUT2D eigenvalue weighted by atomic mass is 32.1. The number of hydrazone groups is 1. The van der Waals surface area contributed by atoms with E-state index in [4.69, 9.17) is 4.74 Å². The Balaban J connectivity index is 1.50. The Morgan fingerprint density at radius 3 is 3.09 bits per heavy atom. The molecule has 0 aliphatic carbocycles. The molecule has 3 rings (SSSR count). The summed E-state index contributed by atoms with van der Waals surface area (Å²) in [6.45, 7) is 3.16. The number of morpholine rings is 1. The lowest BCUT2D eigenvalue weighted by Crippen LogP contribution is -2.36. The minimum atomic E-state index is -0.161. The number of hydrogen-bond acceptors (Lipinski definition) is 7. The van der Waals surface area contributed by atoms with E-state index in [2.05, 4.69) is 20.4 Å². The molecule has 1 aliphatic rings. The highest BCUT2D eigenvalue weighted by Crippen LogP contribution is 2.21. The third kappa shape index (κ3) is 4.12. The highest BCUT2D eigenvalue weighted by molar-refractivity contribution is 7.13. The second-order valence-electron chi connectivity index (χ2n) is 4.71. The maximum absolute atomic E-state index is 11.8. The Labute approximate surface area is 136 Å². The zero-order valence-corrected chi connectivity index (χ0v) is 13.5. The number of aromatic nitrogens is 1. The summed E-state index contributed by atoms with van der Waals surface area (Å²) in [5, 5.41) is 8.78. The molecule has 1 aliphatic heterocycles. The molecule has 0 aromatic carbocycles. The molecular formula is C14H16N4O2S2. The summed E-state index contributed by atoms with van der Waals surface area (Å²) in [6, 6.07) is 3.88. The molecular weight excluding hydrogens is 320 g/mol. The monoisotopic (exact) mass is 336 g/mol. The lowest BCUT2D eigenvalue weighted by atomic mass is 10.3. The molecule has 2 aromatic rings. The number of anilines is 1. The number of thiophene rings is 1. The molecule has 22 heavy (non-hydrogen) atoms. The minimum absolute atomic E-state index is 0.161. The summed E-state index contributed by atoms with van der Waals surface area (Å²) in [5.74, 6) is -0.161. The average Bonchev–Trinajstić information content (AvgIpc) is 3.20. The van der Waals surface area contributed by atoms with Crippen LogP contribution in [0, 0.1) is 0 Å². The van der Waals surface area contributed by atoms with E-state index in [1.807, 2.05) is 22.9 Å². The lowest BCUT2D eigenvalue weighted by Gasteiger charge is -2.26. The van der Waals surface area contributed by atoms with Crippen molar-refractivity contribution in [1.82, 2.24) is 10.4 Å². The van der Waals surface area contributed by atoms with Crippen LogP contribution in [-0.4, -0.2) is 43.4 Å². The first-order valence-corrected chi connectivity index (χ1v) is 8.70. The predicted octanol–water partition coefficient (Wildman–Crippen LogP) is 1.73. The van der Waals surface area contributed by atoms with Gasteiger partial charge in [0, 0.05) is 23.3 Å². The quantitative estimate of drug-likeness (QED) is 0.667. The Bertz CT molecular complexity index is 633. The second kappa shape index (κ2) is 7.48. The molecule has 3 heterocycles. The fourth-order valence-corrected chi connectivity index (χ4v) is 3.48. The molecule has 116 valence electrons. The maximum atomic E-state index is 11.8. The van der Waals surface area contributed by atoms with Crippen LogP contribution in [0.3, 0.4) is 0 Å². The van der Waals surface area contributed by atoms with E-state index in [1.54, 1.807) is 28.9 Å². The van der Waals surface area contributed by atoms with Crippen molar-refractivity contribution >= 4 is 39.9 Å². The van der Waals surface area contributed by atoms with Crippen LogP contribution in [0.5, 0.6) is 0 Å². The van der Waals surface area contributed by atoms with Crippen molar-refractivity contribution < 1.29 is 9.53 Å². The molecule has 2 aromatic heterocycles. The average molecular weight is 336 g/mol. The number of carbonyl (C=O) groups excluding carboxylic acids is 1. The van der Waals surface area contributed by atoms with Crippen molar-refractivity contribution in [2.45, 2.75) is 6.42 Å². The molecule has 0 radical (unpaired) electrons. The molecule has 0 atom stereocenters. The van der Waals surface area contributed by atoms with Gasteiger partial charge in [-0.25, -0.2) is 10.4 Å². The Kier molecular flexibility index (Phi) is 5.15. The molecule has 1 N–H and O–H groups in total. The molecule has 1 fully saturated rings. The van der Waals surface area contributed by atoms with Gasteiger partial charge in [-0.2, -0.15) is 5.10 Å². The van der Waals surface area contributed by atoms with Crippen LogP contribution in [0.2, 0.25) is 0 Å². The number of hydrogen-bond donors (Lipinski definition) is 1. The fraction of sp³-hybridized carbons (Fsp3) is 0.357. The number of carbonyl (C=O) groups is 1. The molecule has 0 bridgehead atoms. The predicted molar refractivity (Wildman–Crippen MR) is 88.9 cm³/mol. The zero-order chi connectivity index (χ0) is 15.2. The van der Waals surface area contributed by atoms with Gasteiger partial charge < -0.3 is 9.64 Å². The summed E-state index contributed by atoms with van der Waals surface area (Å²) in [7, 11) is 0. The van der Waals surface area contributed by atoms with Gasteiger partial charge in [-0.05, 0) is 11.4 Å². The van der Waals surface area contributed by atoms with Gasteiger partial charge in [-0.1, -0.05) is 6.07 Å². The van der Waals surface area contributed by atoms with Crippen molar-refractivity contribution in [3.63, 3.8) is 0 Å². The standard InChI is InChI=1S/C14H16N4O2S2/c19-13(17-15-9-12-2-1-7-21-12)8-11-10-22-14(16-11)18-3-5-20-6-4-18/h1-2,7,9-10H,3-6,8H2,(H,17,19)/b15-9-. The van der Waals surface area contributed by atoms with Crippen molar-refractivity contribution in [2.75, 3.05) is 31.2 Å². The number of amides is 1. The summed E-state index contributed by atoms with van der Waals surface area (Å²) in [4.78, 5) is 19.5. The van der Waals surface area contributed by atoms with E-state index in [0.717, 1.165) is 42.0 Å². The zero-order valence-electron chi connectivity index (χ0n) is 11.9. The Morgan fingerprint density at radius 2 is 2.32 bits per heavy atom. The molecule has 0 unspecified atom stereocenters. The van der Waals surface area contributed by atoms with Gasteiger partial charge in [0.05, 0.1) is 31.5 Å². The van der Waals surface area contributed by atoms with E-state index in [1.165, 1.54) is 0 Å². The third-order valence-corrected chi connectivity index (χ3v) is 4.84. The summed E-state index contributed by atoms with van der Waals surface area (Å²) in [5.41, 5.74) is 3.30. The Morgan fingerprint density at radius 1 is 1.45 bits per heavy atom. The van der Waals surface area contributed by atoms with Crippen LogP contribution in [0.25, 0.3) is 0 Å². The third-order valence-electron chi connectivity index (χ3n) is 3.09. The largest absolute Gasteiger partial charge is 0.378 e. The van der Waals surface area contributed by atoms with Gasteiger partial charge in [0.2, 0.25) is 5.91 Å². The van der Waals surface area contributed by atoms with E-state index in [9.17, 15) is 4.79 Å². The fourth-order valence-electron chi connectivity index (χ4n) is 2.01. The van der Waals surface area contributed by atoms with E-state index >= 15 is 0 Å². The first-order valence-electron chi connectivity index (χ1n) is 6.94. The van der Waals surface area contributed by atoms with Gasteiger partial charge in [0.15, 0.2) is 5.13 Å². The van der Waals surface area contributed by atoms with Crippen LogP contribution < -0.4 is 10.3 Å². The molecule has 1 saturated heterocycles. The van der Waals surface area contributed by atoms with Crippen molar-refractivity contribution in [3.8, 4) is 0 Å². The number of rotatable bonds is 5. The van der Waals surface area contributed by atoms with Gasteiger partial charge >= 0.3 is 0 Å². The van der Waals surface area contributed by atoms with E-state index in [-0.39, 0.29) is 12.3 Å².